The van der Waals surface area contributed by atoms with Gasteiger partial charge in [-0.3, -0.25) is 24.6 Å². The number of urea groups is 1. The zero-order valence-electron chi connectivity index (χ0n) is 29.6. The zero-order valence-corrected chi connectivity index (χ0v) is 31.2. The van der Waals surface area contributed by atoms with Crippen molar-refractivity contribution in [3.63, 3.8) is 0 Å². The lowest BCUT2D eigenvalue weighted by atomic mass is 9.89. The fourth-order valence-corrected chi connectivity index (χ4v) is 8.84. The number of rotatable bonds is 9. The first-order valence-electron chi connectivity index (χ1n) is 17.9. The van der Waals surface area contributed by atoms with E-state index in [4.69, 9.17) is 21.7 Å². The van der Waals surface area contributed by atoms with Gasteiger partial charge in [-0.1, -0.05) is 29.8 Å². The minimum Gasteiger partial charge on any atom is -0.351 e. The van der Waals surface area contributed by atoms with E-state index in [-0.39, 0.29) is 18.4 Å². The number of halogens is 1. The molecule has 0 saturated carbocycles. The third-order valence-electron chi connectivity index (χ3n) is 10.3. The maximum atomic E-state index is 13.6. The highest BCUT2D eigenvalue weighted by Crippen LogP contribution is 2.34. The summed E-state index contributed by atoms with van der Waals surface area (Å²) in [6, 6.07) is 14.0. The Balaban J connectivity index is 0.866. The molecule has 53 heavy (non-hydrogen) atoms. The van der Waals surface area contributed by atoms with Crippen molar-refractivity contribution in [1.82, 2.24) is 49.0 Å². The van der Waals surface area contributed by atoms with Gasteiger partial charge in [-0.2, -0.15) is 10.2 Å². The van der Waals surface area contributed by atoms with Crippen molar-refractivity contribution in [2.45, 2.75) is 55.5 Å². The van der Waals surface area contributed by atoms with E-state index >= 15 is 0 Å². The van der Waals surface area contributed by atoms with Crippen molar-refractivity contribution < 1.29 is 13.8 Å². The first-order chi connectivity index (χ1) is 25.7. The Morgan fingerprint density at radius 2 is 1.70 bits per heavy atom. The monoisotopic (exact) mass is 756 g/mol. The summed E-state index contributed by atoms with van der Waals surface area (Å²) in [4.78, 5) is 42.2. The first-order valence-corrected chi connectivity index (χ1v) is 19.4. The average molecular weight is 757 g/mol. The third kappa shape index (κ3) is 7.54. The van der Waals surface area contributed by atoms with Crippen LogP contribution in [0.5, 0.6) is 0 Å². The van der Waals surface area contributed by atoms with Gasteiger partial charge < -0.3 is 5.32 Å². The number of likely N-dealkylation sites (tertiary alicyclic amines) is 1. The normalized spacial score (nSPS) is 18.8. The Morgan fingerprint density at radius 1 is 0.925 bits per heavy atom. The van der Waals surface area contributed by atoms with Gasteiger partial charge in [0.05, 0.1) is 34.4 Å². The summed E-state index contributed by atoms with van der Waals surface area (Å²) in [6.07, 6.45) is 7.07. The molecule has 3 fully saturated rings. The largest absolute Gasteiger partial charge is 0.351 e. The molecule has 3 aliphatic heterocycles. The number of imide groups is 1. The number of amides is 3. The molecule has 0 aliphatic carbocycles. The summed E-state index contributed by atoms with van der Waals surface area (Å²) in [6.45, 7) is 4.19. The molecule has 2 aromatic carbocycles. The smallest absolute Gasteiger partial charge is 0.329 e. The van der Waals surface area contributed by atoms with Gasteiger partial charge in [0.25, 0.3) is 0 Å². The van der Waals surface area contributed by atoms with Crippen molar-refractivity contribution in [2.24, 2.45) is 14.1 Å². The highest BCUT2D eigenvalue weighted by Gasteiger charge is 2.29. The summed E-state index contributed by atoms with van der Waals surface area (Å²) in [5, 5.41) is 16.5. The Bertz CT molecular complexity index is 2170. The van der Waals surface area contributed by atoms with Gasteiger partial charge in [-0.05, 0) is 74.5 Å². The highest BCUT2D eigenvalue weighted by molar-refractivity contribution is 7.82. The van der Waals surface area contributed by atoms with Gasteiger partial charge in [0.1, 0.15) is 11.0 Å². The minimum atomic E-state index is -1.30. The molecule has 276 valence electrons. The Morgan fingerprint density at radius 3 is 2.45 bits per heavy atom. The molecule has 3 aliphatic rings. The molecular weight excluding hydrogens is 716 g/mol. The molecule has 0 bridgehead atoms. The zero-order chi connectivity index (χ0) is 36.6. The lowest BCUT2D eigenvalue weighted by molar-refractivity contribution is -0.120. The van der Waals surface area contributed by atoms with Crippen molar-refractivity contribution in [3.05, 3.63) is 71.3 Å². The molecular formula is C36H41ClN12O3S. The number of aromatic nitrogens is 7. The molecule has 0 radical (unpaired) electrons. The van der Waals surface area contributed by atoms with E-state index in [1.807, 2.05) is 58.1 Å². The highest BCUT2D eigenvalue weighted by atomic mass is 35.5. The summed E-state index contributed by atoms with van der Waals surface area (Å²) >= 11 is 5.91. The van der Waals surface area contributed by atoms with E-state index in [9.17, 15) is 13.8 Å². The van der Waals surface area contributed by atoms with Crippen molar-refractivity contribution in [2.75, 3.05) is 42.9 Å². The summed E-state index contributed by atoms with van der Waals surface area (Å²) in [5.41, 5.74) is 3.11. The standard InChI is InChI=1S/C36H41ClN12O3S/c1-45-30-19-24(6-7-29(30)34(44-45)49-17-12-32(50)42-36(49)51)23-8-13-47(14-9-23)22-31-41-33(46(2)43-31)25-4-3-5-28(18-25)53(52)48-15-10-27(11-16-48)40-35-38-20-26(37)21-39-35/h3-7,18-21,23,27H,8-17,22H2,1-2H3,(H,38,39,40)(H,42,50,51). The third-order valence-corrected chi connectivity index (χ3v) is 12.0. The van der Waals surface area contributed by atoms with Crippen LogP contribution in [0.1, 0.15) is 49.4 Å². The van der Waals surface area contributed by atoms with Crippen molar-refractivity contribution >= 4 is 57.2 Å². The second-order valence-corrected chi connectivity index (χ2v) is 15.8. The second kappa shape index (κ2) is 14.9. The van der Waals surface area contributed by atoms with Gasteiger partial charge in [0.15, 0.2) is 17.5 Å². The van der Waals surface area contributed by atoms with Gasteiger partial charge in [-0.25, -0.2) is 32.9 Å². The number of carbonyl (C=O) groups excluding carboxylic acids is 2. The molecule has 15 nitrogen and oxygen atoms in total. The van der Waals surface area contributed by atoms with Gasteiger partial charge in [-0.15, -0.1) is 0 Å². The molecule has 1 atom stereocenters. The maximum absolute atomic E-state index is 13.6. The number of piperidine rings is 2. The van der Waals surface area contributed by atoms with E-state index in [1.165, 1.54) is 5.56 Å². The number of nitrogens with zero attached hydrogens (tertiary/aromatic N) is 10. The van der Waals surface area contributed by atoms with Crippen molar-refractivity contribution in [1.29, 1.82) is 0 Å². The number of aryl methyl sites for hydroxylation is 2. The summed E-state index contributed by atoms with van der Waals surface area (Å²) in [7, 11) is 2.49. The van der Waals surface area contributed by atoms with E-state index in [0.717, 1.165) is 71.8 Å². The van der Waals surface area contributed by atoms with Crippen LogP contribution in [0.3, 0.4) is 0 Å². The fourth-order valence-electron chi connectivity index (χ4n) is 7.48. The Hall–Kier alpha value is -4.77. The molecule has 5 aromatic rings. The van der Waals surface area contributed by atoms with Crippen LogP contribution in [-0.2, 0) is 36.4 Å². The van der Waals surface area contributed by atoms with Crippen LogP contribution in [-0.4, -0.2) is 98.6 Å². The van der Waals surface area contributed by atoms with E-state index in [0.29, 0.717) is 48.9 Å². The van der Waals surface area contributed by atoms with E-state index in [1.54, 1.807) is 17.3 Å². The SMILES string of the molecule is Cn1nc(CN2CCC(c3ccc4c(N5CCC(=O)NC5=O)nn(C)c4c3)CC2)nc1-c1cccc(S(=O)N2CCC(Nc3ncc(Cl)cn3)CC2)c1. The van der Waals surface area contributed by atoms with E-state index in [2.05, 4.69) is 42.7 Å². The molecule has 3 saturated heterocycles. The van der Waals surface area contributed by atoms with Crippen LogP contribution in [0.2, 0.25) is 5.02 Å². The van der Waals surface area contributed by atoms with Gasteiger partial charge in [0, 0.05) is 57.1 Å². The quantitative estimate of drug-likeness (QED) is 0.223. The van der Waals surface area contributed by atoms with Crippen LogP contribution >= 0.6 is 11.6 Å². The van der Waals surface area contributed by atoms with E-state index < -0.39 is 17.0 Å². The van der Waals surface area contributed by atoms with Crippen LogP contribution < -0.4 is 15.5 Å². The van der Waals surface area contributed by atoms with Crippen LogP contribution in [0, 0.1) is 0 Å². The predicted octanol–water partition coefficient (Wildman–Crippen LogP) is 4.24. The molecule has 8 rings (SSSR count). The lowest BCUT2D eigenvalue weighted by Crippen LogP contribution is -2.49. The molecule has 3 amide bonds. The molecule has 0 spiro atoms. The van der Waals surface area contributed by atoms with Crippen LogP contribution in [0.25, 0.3) is 22.3 Å². The van der Waals surface area contributed by atoms with Crippen molar-refractivity contribution in [3.8, 4) is 11.4 Å². The number of fused-ring (bicyclic) bond motifs is 1. The summed E-state index contributed by atoms with van der Waals surface area (Å²) < 4.78 is 19.3. The topological polar surface area (TPSA) is 159 Å². The van der Waals surface area contributed by atoms with Gasteiger partial charge >= 0.3 is 6.03 Å². The first kappa shape index (κ1) is 35.3. The number of anilines is 2. The summed E-state index contributed by atoms with van der Waals surface area (Å²) in [5.74, 6) is 2.78. The van der Waals surface area contributed by atoms with Gasteiger partial charge in [0.2, 0.25) is 11.9 Å². The minimum absolute atomic E-state index is 0.204. The number of benzene rings is 2. The number of carbonyl (C=O) groups is 2. The average Bonchev–Trinajstić information content (AvgIpc) is 3.70. The number of nitrogens with one attached hydrogen (secondary N) is 2. The Kier molecular flexibility index (Phi) is 9.93. The molecule has 3 aromatic heterocycles. The predicted molar refractivity (Wildman–Crippen MR) is 202 cm³/mol. The second-order valence-electron chi connectivity index (χ2n) is 13.9. The lowest BCUT2D eigenvalue weighted by Gasteiger charge is -2.31. The number of hydrogen-bond acceptors (Lipinski definition) is 10. The van der Waals surface area contributed by atoms with Crippen LogP contribution in [0.15, 0.2) is 59.8 Å². The number of hydrogen-bond donors (Lipinski definition) is 2. The molecule has 1 unspecified atom stereocenters. The molecule has 2 N–H and O–H groups in total. The molecule has 6 heterocycles. The maximum Gasteiger partial charge on any atom is 0.329 e. The molecule has 17 heteroatoms. The fraction of sp³-hybridized carbons (Fsp3) is 0.417. The Labute approximate surface area is 314 Å². The van der Waals surface area contributed by atoms with Crippen LogP contribution in [0.4, 0.5) is 16.6 Å².